The minimum atomic E-state index is -1.01. The molecule has 3 rings (SSSR count). The van der Waals surface area contributed by atoms with Gasteiger partial charge in [-0.25, -0.2) is 9.97 Å². The number of aromatic nitrogens is 3. The summed E-state index contributed by atoms with van der Waals surface area (Å²) in [6, 6.07) is 3.30. The number of aliphatic hydroxyl groups is 1. The van der Waals surface area contributed by atoms with Crippen LogP contribution in [0, 0.1) is 0 Å². The number of nitrogens with zero attached hydrogens (tertiary/aromatic N) is 4. The van der Waals surface area contributed by atoms with Crippen molar-refractivity contribution in [1.29, 1.82) is 0 Å². The lowest BCUT2D eigenvalue weighted by molar-refractivity contribution is -0.128. The van der Waals surface area contributed by atoms with Crippen LogP contribution in [0.3, 0.4) is 0 Å². The number of pyridine rings is 1. The van der Waals surface area contributed by atoms with Gasteiger partial charge in [0, 0.05) is 32.1 Å². The average Bonchev–Trinajstić information content (AvgIpc) is 2.71. The first kappa shape index (κ1) is 22.8. The van der Waals surface area contributed by atoms with E-state index in [0.717, 1.165) is 5.56 Å². The number of halogens is 1. The molecular weight excluding hydrogens is 394 g/mol. The number of rotatable bonds is 6. The predicted octanol–water partition coefficient (Wildman–Crippen LogP) is 1.28. The van der Waals surface area contributed by atoms with Gasteiger partial charge in [-0.1, -0.05) is 19.0 Å². The Hall–Kier alpha value is -2.49. The second kappa shape index (κ2) is 9.82. The van der Waals surface area contributed by atoms with Gasteiger partial charge in [-0.15, -0.1) is 0 Å². The summed E-state index contributed by atoms with van der Waals surface area (Å²) in [6.45, 7) is 0.978. The van der Waals surface area contributed by atoms with E-state index < -0.39 is 5.54 Å². The van der Waals surface area contributed by atoms with Gasteiger partial charge in [0.15, 0.2) is 5.82 Å². The first-order chi connectivity index (χ1) is 13.4. The molecule has 0 radical (unpaired) electrons. The normalized spacial score (nSPS) is 16.6. The smallest absolute Gasteiger partial charge is 0.240 e. The van der Waals surface area contributed by atoms with Crippen LogP contribution in [0.2, 0.25) is 5.02 Å². The van der Waals surface area contributed by atoms with Crippen LogP contribution in [-0.2, 0) is 4.79 Å². The lowest BCUT2D eigenvalue weighted by Gasteiger charge is -2.39. The average molecular weight is 422 g/mol. The first-order valence-corrected chi connectivity index (χ1v) is 9.44. The topological polar surface area (TPSA) is 143 Å². The van der Waals surface area contributed by atoms with Gasteiger partial charge in [0.1, 0.15) is 17.2 Å². The van der Waals surface area contributed by atoms with Crippen LogP contribution in [0.15, 0.2) is 30.9 Å². The van der Waals surface area contributed by atoms with Gasteiger partial charge in [-0.2, -0.15) is 0 Å². The highest BCUT2D eigenvalue weighted by Crippen LogP contribution is 2.31. The molecule has 1 saturated heterocycles. The van der Waals surface area contributed by atoms with Crippen LogP contribution >= 0.6 is 11.6 Å². The molecule has 1 amide bonds. The highest BCUT2D eigenvalue weighted by molar-refractivity contribution is 6.35. The van der Waals surface area contributed by atoms with Crippen molar-refractivity contribution in [2.24, 2.45) is 5.73 Å². The zero-order chi connectivity index (χ0) is 20.1. The largest absolute Gasteiger partial charge is 0.396 e. The Bertz CT molecular complexity index is 813. The lowest BCUT2D eigenvalue weighted by atomic mass is 9.87. The Labute approximate surface area is 175 Å². The van der Waals surface area contributed by atoms with Crippen molar-refractivity contribution in [3.05, 3.63) is 41.4 Å². The molecule has 2 aromatic heterocycles. The van der Waals surface area contributed by atoms with E-state index in [1.165, 1.54) is 6.33 Å². The summed E-state index contributed by atoms with van der Waals surface area (Å²) in [5.41, 5.74) is 12.0. The molecule has 1 aliphatic heterocycles. The maximum Gasteiger partial charge on any atom is 0.240 e. The molecule has 9 nitrogen and oxygen atoms in total. The third kappa shape index (κ3) is 5.11. The van der Waals surface area contributed by atoms with E-state index in [1.807, 2.05) is 17.0 Å². The van der Waals surface area contributed by atoms with Crippen LogP contribution in [0.25, 0.3) is 0 Å². The number of carbonyl (C=O) groups is 1. The fourth-order valence-corrected chi connectivity index (χ4v) is 3.50. The van der Waals surface area contributed by atoms with Crippen molar-refractivity contribution >= 4 is 29.1 Å². The summed E-state index contributed by atoms with van der Waals surface area (Å²) >= 11 is 6.20. The van der Waals surface area contributed by atoms with Crippen LogP contribution in [-0.4, -0.2) is 51.2 Å². The number of nitrogens with two attached hydrogens (primary N) is 2. The molecule has 0 aliphatic carbocycles. The number of carbonyl (C=O) groups excluding carboxylic acids is 1. The Morgan fingerprint density at radius 3 is 2.59 bits per heavy atom. The summed E-state index contributed by atoms with van der Waals surface area (Å²) in [4.78, 5) is 26.9. The first-order valence-electron chi connectivity index (χ1n) is 9.06. The van der Waals surface area contributed by atoms with Crippen LogP contribution < -0.4 is 21.7 Å². The molecule has 0 unspecified atom stereocenters. The molecule has 2 aromatic rings. The molecule has 1 aliphatic rings. The fraction of sp³-hybridized carbons (Fsp3) is 0.474. The standard InChI is InChI=1S/C18H24ClN7O2.CH4/c19-14-15(20)23-11-24-16(14)26-8-4-18(21,5-9-26)17(28)25-13(3-10-27)12-1-6-22-7-2-12;/h1-2,6-7,11,13,27H,3-5,8-10,21H2,(H,25,28)(H2,20,23,24);1H4/t13-;/m0./s1. The second-order valence-electron chi connectivity index (χ2n) is 6.86. The van der Waals surface area contributed by atoms with E-state index in [1.54, 1.807) is 12.4 Å². The number of nitrogens with one attached hydrogen (secondary N) is 1. The summed E-state index contributed by atoms with van der Waals surface area (Å²) in [6.07, 6.45) is 5.93. The summed E-state index contributed by atoms with van der Waals surface area (Å²) < 4.78 is 0. The number of amides is 1. The third-order valence-electron chi connectivity index (χ3n) is 5.04. The van der Waals surface area contributed by atoms with Gasteiger partial charge < -0.3 is 26.8 Å². The fourth-order valence-electron chi connectivity index (χ4n) is 3.29. The predicted molar refractivity (Wildman–Crippen MR) is 113 cm³/mol. The quantitative estimate of drug-likeness (QED) is 0.546. The van der Waals surface area contributed by atoms with E-state index in [-0.39, 0.29) is 31.8 Å². The Balaban J connectivity index is 0.00000300. The van der Waals surface area contributed by atoms with E-state index in [4.69, 9.17) is 23.1 Å². The molecule has 6 N–H and O–H groups in total. The lowest BCUT2D eigenvalue weighted by Crippen LogP contribution is -2.60. The van der Waals surface area contributed by atoms with Crippen molar-refractivity contribution in [2.45, 2.75) is 38.3 Å². The second-order valence-corrected chi connectivity index (χ2v) is 7.24. The minimum Gasteiger partial charge on any atom is -0.396 e. The highest BCUT2D eigenvalue weighted by Gasteiger charge is 2.39. The number of hydrogen-bond donors (Lipinski definition) is 4. The van der Waals surface area contributed by atoms with Gasteiger partial charge in [0.2, 0.25) is 5.91 Å². The number of piperidine rings is 1. The number of hydrogen-bond acceptors (Lipinski definition) is 8. The maximum atomic E-state index is 12.9. The number of nitrogen functional groups attached to an aromatic ring is 1. The highest BCUT2D eigenvalue weighted by atomic mass is 35.5. The van der Waals surface area contributed by atoms with Gasteiger partial charge >= 0.3 is 0 Å². The number of anilines is 2. The van der Waals surface area contributed by atoms with Gasteiger partial charge in [-0.3, -0.25) is 9.78 Å². The molecule has 0 saturated carbocycles. The zero-order valence-corrected chi connectivity index (χ0v) is 16.1. The Kier molecular flexibility index (Phi) is 7.72. The SMILES string of the molecule is C.Nc1ncnc(N2CCC(N)(C(=O)N[C@@H](CCO)c3ccncc3)CC2)c1Cl. The molecule has 10 heteroatoms. The molecule has 0 bridgehead atoms. The monoisotopic (exact) mass is 421 g/mol. The maximum absolute atomic E-state index is 12.9. The van der Waals surface area contributed by atoms with Crippen LogP contribution in [0.4, 0.5) is 11.6 Å². The molecule has 0 spiro atoms. The summed E-state index contributed by atoms with van der Waals surface area (Å²) in [5.74, 6) is 0.528. The van der Waals surface area contributed by atoms with Gasteiger partial charge in [-0.05, 0) is 37.0 Å². The third-order valence-corrected chi connectivity index (χ3v) is 5.40. The van der Waals surface area contributed by atoms with E-state index in [2.05, 4.69) is 20.3 Å². The summed E-state index contributed by atoms with van der Waals surface area (Å²) in [7, 11) is 0. The van der Waals surface area contributed by atoms with E-state index in [0.29, 0.717) is 43.2 Å². The molecule has 1 fully saturated rings. The van der Waals surface area contributed by atoms with Crippen molar-refractivity contribution < 1.29 is 9.90 Å². The van der Waals surface area contributed by atoms with E-state index >= 15 is 0 Å². The van der Waals surface area contributed by atoms with Crippen LogP contribution in [0.5, 0.6) is 0 Å². The van der Waals surface area contributed by atoms with Gasteiger partial charge in [0.25, 0.3) is 0 Å². The Morgan fingerprint density at radius 2 is 1.97 bits per heavy atom. The summed E-state index contributed by atoms with van der Waals surface area (Å²) in [5, 5.41) is 12.6. The molecule has 3 heterocycles. The van der Waals surface area contributed by atoms with Gasteiger partial charge in [0.05, 0.1) is 11.6 Å². The minimum absolute atomic E-state index is 0. The molecule has 158 valence electrons. The Morgan fingerprint density at radius 1 is 1.31 bits per heavy atom. The number of aliphatic hydroxyl groups excluding tert-OH is 1. The van der Waals surface area contributed by atoms with Crippen LogP contribution in [0.1, 0.15) is 38.3 Å². The van der Waals surface area contributed by atoms with Crippen molar-refractivity contribution in [3.8, 4) is 0 Å². The van der Waals surface area contributed by atoms with Crippen molar-refractivity contribution in [1.82, 2.24) is 20.3 Å². The van der Waals surface area contributed by atoms with Crippen molar-refractivity contribution in [2.75, 3.05) is 30.3 Å². The molecular formula is C19H28ClN7O2. The molecule has 0 aromatic carbocycles. The van der Waals surface area contributed by atoms with Crippen molar-refractivity contribution in [3.63, 3.8) is 0 Å². The van der Waals surface area contributed by atoms with E-state index in [9.17, 15) is 9.90 Å². The zero-order valence-electron chi connectivity index (χ0n) is 15.4. The molecule has 29 heavy (non-hydrogen) atoms. The molecule has 1 atom stereocenters.